The molecule has 158 valence electrons. The normalized spacial score (nSPS) is 13.1. The number of nitrogens with zero attached hydrogens (tertiary/aromatic N) is 3. The van der Waals surface area contributed by atoms with Crippen LogP contribution in [0.2, 0.25) is 0 Å². The highest BCUT2D eigenvalue weighted by Crippen LogP contribution is 2.30. The van der Waals surface area contributed by atoms with Gasteiger partial charge in [0, 0.05) is 32.4 Å². The fourth-order valence-corrected chi connectivity index (χ4v) is 3.12. The number of aliphatic imine (C=N–C) groups is 1. The van der Waals surface area contributed by atoms with Crippen molar-refractivity contribution in [3.8, 4) is 0 Å². The quantitative estimate of drug-likeness (QED) is 0.526. The first-order valence-corrected chi connectivity index (χ1v) is 9.86. The number of nitrogens with one attached hydrogen (secondary N) is 2. The van der Waals surface area contributed by atoms with Gasteiger partial charge in [-0.3, -0.25) is 4.79 Å². The Morgan fingerprint density at radius 3 is 2.55 bits per heavy atom. The van der Waals surface area contributed by atoms with E-state index < -0.39 is 11.9 Å². The summed E-state index contributed by atoms with van der Waals surface area (Å²) in [6, 6.07) is 9.63. The summed E-state index contributed by atoms with van der Waals surface area (Å²) in [4.78, 5) is 21.2. The molecule has 2 rings (SSSR count). The molecular formula is C19H24F3N5OS. The maximum absolute atomic E-state index is 12.7. The summed E-state index contributed by atoms with van der Waals surface area (Å²) >= 11 is 0.969. The molecule has 2 N–H and O–H groups in total. The van der Waals surface area contributed by atoms with Crippen molar-refractivity contribution < 1.29 is 18.0 Å². The Bertz CT molecular complexity index is 821. The average Bonchev–Trinajstić information content (AvgIpc) is 3.15. The maximum Gasteiger partial charge on any atom is 0.434 e. The first-order valence-electron chi connectivity index (χ1n) is 8.98. The van der Waals surface area contributed by atoms with Gasteiger partial charge in [-0.15, -0.1) is 11.3 Å². The second-order valence-electron chi connectivity index (χ2n) is 6.53. The van der Waals surface area contributed by atoms with E-state index in [4.69, 9.17) is 0 Å². The number of hydrogen-bond acceptors (Lipinski definition) is 4. The lowest BCUT2D eigenvalue weighted by molar-refractivity contribution is -0.140. The molecule has 29 heavy (non-hydrogen) atoms. The number of benzene rings is 1. The minimum atomic E-state index is -4.44. The molecule has 1 aromatic heterocycles. The molecule has 0 saturated carbocycles. The van der Waals surface area contributed by atoms with Crippen LogP contribution in [0.1, 0.15) is 29.2 Å². The standard InChI is InChI=1S/C19H24F3N5OS/c1-13(14-7-5-4-6-8-14)25-18(24-11-17(28)27(2)3)23-10-9-16-26-15(12-29-16)19(20,21)22/h4-8,12-13H,9-11H2,1-3H3,(H2,23,24,25). The van der Waals surface area contributed by atoms with Gasteiger partial charge in [0.1, 0.15) is 6.54 Å². The lowest BCUT2D eigenvalue weighted by Gasteiger charge is -2.19. The van der Waals surface area contributed by atoms with E-state index in [0.717, 1.165) is 22.3 Å². The highest BCUT2D eigenvalue weighted by molar-refractivity contribution is 7.09. The second kappa shape index (κ2) is 10.2. The number of thiazole rings is 1. The van der Waals surface area contributed by atoms with Gasteiger partial charge in [-0.1, -0.05) is 30.3 Å². The number of likely N-dealkylation sites (N-methyl/N-ethyl adjacent to an activating group) is 1. The Balaban J connectivity index is 2.00. The Morgan fingerprint density at radius 2 is 1.97 bits per heavy atom. The van der Waals surface area contributed by atoms with E-state index in [0.29, 0.717) is 23.9 Å². The molecule has 0 spiro atoms. The predicted octanol–water partition coefficient (Wildman–Crippen LogP) is 3.09. The van der Waals surface area contributed by atoms with Gasteiger partial charge in [0.2, 0.25) is 5.91 Å². The lowest BCUT2D eigenvalue weighted by atomic mass is 10.1. The second-order valence-corrected chi connectivity index (χ2v) is 7.47. The molecule has 1 unspecified atom stereocenters. The minimum Gasteiger partial charge on any atom is -0.356 e. The lowest BCUT2D eigenvalue weighted by Crippen LogP contribution is -2.40. The van der Waals surface area contributed by atoms with Crippen LogP contribution in [0, 0.1) is 0 Å². The molecule has 0 aliphatic heterocycles. The third-order valence-corrected chi connectivity index (χ3v) is 4.91. The zero-order valence-electron chi connectivity index (χ0n) is 16.5. The van der Waals surface area contributed by atoms with Gasteiger partial charge in [-0.05, 0) is 12.5 Å². The smallest absolute Gasteiger partial charge is 0.356 e. The van der Waals surface area contributed by atoms with Crippen molar-refractivity contribution in [3.63, 3.8) is 0 Å². The van der Waals surface area contributed by atoms with Crippen LogP contribution in [0.25, 0.3) is 0 Å². The van der Waals surface area contributed by atoms with E-state index in [-0.39, 0.29) is 18.5 Å². The van der Waals surface area contributed by atoms with Crippen LogP contribution in [0.4, 0.5) is 13.2 Å². The summed E-state index contributed by atoms with van der Waals surface area (Å²) in [5, 5.41) is 7.67. The third-order valence-electron chi connectivity index (χ3n) is 4.00. The van der Waals surface area contributed by atoms with E-state index in [9.17, 15) is 18.0 Å². The topological polar surface area (TPSA) is 69.6 Å². The van der Waals surface area contributed by atoms with Crippen molar-refractivity contribution in [2.45, 2.75) is 25.6 Å². The van der Waals surface area contributed by atoms with Crippen molar-refractivity contribution in [2.75, 3.05) is 27.2 Å². The summed E-state index contributed by atoms with van der Waals surface area (Å²) in [6.07, 6.45) is -4.13. The van der Waals surface area contributed by atoms with Crippen molar-refractivity contribution in [2.24, 2.45) is 4.99 Å². The Morgan fingerprint density at radius 1 is 1.28 bits per heavy atom. The van der Waals surface area contributed by atoms with Crippen LogP contribution in [0.15, 0.2) is 40.7 Å². The zero-order valence-corrected chi connectivity index (χ0v) is 17.3. The molecule has 0 fully saturated rings. The molecule has 0 bridgehead atoms. The number of amides is 1. The molecule has 10 heteroatoms. The van der Waals surface area contributed by atoms with Gasteiger partial charge in [-0.2, -0.15) is 13.2 Å². The van der Waals surface area contributed by atoms with Gasteiger partial charge in [-0.25, -0.2) is 9.98 Å². The highest BCUT2D eigenvalue weighted by atomic mass is 32.1. The maximum atomic E-state index is 12.7. The summed E-state index contributed by atoms with van der Waals surface area (Å²) in [6.45, 7) is 2.24. The SMILES string of the molecule is CC(NC(=NCC(=O)N(C)C)NCCc1nc(C(F)(F)F)cs1)c1ccccc1. The first-order chi connectivity index (χ1) is 13.7. The largest absolute Gasteiger partial charge is 0.434 e. The van der Waals surface area contributed by atoms with E-state index in [1.54, 1.807) is 14.1 Å². The van der Waals surface area contributed by atoms with E-state index in [1.807, 2.05) is 37.3 Å². The number of hydrogen-bond donors (Lipinski definition) is 2. The van der Waals surface area contributed by atoms with Crippen LogP contribution < -0.4 is 10.6 Å². The molecule has 0 aliphatic rings. The molecule has 1 aromatic carbocycles. The van der Waals surface area contributed by atoms with Gasteiger partial charge >= 0.3 is 6.18 Å². The van der Waals surface area contributed by atoms with Crippen LogP contribution in [0.5, 0.6) is 0 Å². The number of alkyl halides is 3. The number of carbonyl (C=O) groups excluding carboxylic acids is 1. The van der Waals surface area contributed by atoms with Crippen LogP contribution in [-0.2, 0) is 17.4 Å². The van der Waals surface area contributed by atoms with Crippen molar-refractivity contribution in [1.29, 1.82) is 0 Å². The summed E-state index contributed by atoms with van der Waals surface area (Å²) in [7, 11) is 3.29. The van der Waals surface area contributed by atoms with Crippen LogP contribution in [-0.4, -0.2) is 48.9 Å². The van der Waals surface area contributed by atoms with Crippen LogP contribution in [0.3, 0.4) is 0 Å². The Labute approximate surface area is 171 Å². The number of rotatable bonds is 7. The van der Waals surface area contributed by atoms with Crippen LogP contribution >= 0.6 is 11.3 Å². The van der Waals surface area contributed by atoms with Crippen molar-refractivity contribution >= 4 is 23.2 Å². The molecule has 1 heterocycles. The summed E-state index contributed by atoms with van der Waals surface area (Å²) in [5.74, 6) is 0.248. The van der Waals surface area contributed by atoms with Crippen molar-refractivity contribution in [3.05, 3.63) is 52.0 Å². The minimum absolute atomic E-state index is 0.0423. The monoisotopic (exact) mass is 427 g/mol. The molecule has 0 radical (unpaired) electrons. The third kappa shape index (κ3) is 7.37. The van der Waals surface area contributed by atoms with Gasteiger partial charge in [0.05, 0.1) is 11.0 Å². The Kier molecular flexibility index (Phi) is 8.00. The highest BCUT2D eigenvalue weighted by Gasteiger charge is 2.33. The molecule has 2 aromatic rings. The van der Waals surface area contributed by atoms with Gasteiger partial charge in [0.15, 0.2) is 11.7 Å². The number of aromatic nitrogens is 1. The Hall–Kier alpha value is -2.62. The molecule has 1 amide bonds. The van der Waals surface area contributed by atoms with E-state index in [2.05, 4.69) is 20.6 Å². The van der Waals surface area contributed by atoms with Gasteiger partial charge < -0.3 is 15.5 Å². The number of guanidine groups is 1. The average molecular weight is 427 g/mol. The van der Waals surface area contributed by atoms with Crippen molar-refractivity contribution in [1.82, 2.24) is 20.5 Å². The molecule has 6 nitrogen and oxygen atoms in total. The molecule has 0 aliphatic carbocycles. The molecule has 0 saturated heterocycles. The van der Waals surface area contributed by atoms with E-state index >= 15 is 0 Å². The molecular weight excluding hydrogens is 403 g/mol. The number of halogens is 3. The van der Waals surface area contributed by atoms with E-state index in [1.165, 1.54) is 4.90 Å². The zero-order chi connectivity index (χ0) is 21.4. The predicted molar refractivity (Wildman–Crippen MR) is 108 cm³/mol. The fraction of sp³-hybridized carbons (Fsp3) is 0.421. The van der Waals surface area contributed by atoms with Gasteiger partial charge in [0.25, 0.3) is 0 Å². The molecule has 1 atom stereocenters. The summed E-state index contributed by atoms with van der Waals surface area (Å²) in [5.41, 5.74) is 0.162. The number of carbonyl (C=O) groups is 1. The first kappa shape index (κ1) is 22.7. The fourth-order valence-electron chi connectivity index (χ4n) is 2.31. The summed E-state index contributed by atoms with van der Waals surface area (Å²) < 4.78 is 38.0.